The number of hydrogen-bond donors (Lipinski definition) is 1. The molecule has 2 N–H and O–H groups in total. The molecule has 0 radical (unpaired) electrons. The number of halogens is 2. The second kappa shape index (κ2) is 4.36. The molecule has 1 aliphatic rings. The second-order valence-corrected chi connectivity index (χ2v) is 5.78. The molecule has 0 saturated heterocycles. The molecule has 2 unspecified atom stereocenters. The van der Waals surface area contributed by atoms with Gasteiger partial charge in [-0.25, -0.2) is 0 Å². The number of alkyl halides is 1. The Kier molecular flexibility index (Phi) is 3.24. The van der Waals surface area contributed by atoms with E-state index in [-0.39, 0.29) is 6.04 Å². The molecular formula is C13H13BrClN. The molecule has 16 heavy (non-hydrogen) atoms. The Morgan fingerprint density at radius 3 is 2.88 bits per heavy atom. The van der Waals surface area contributed by atoms with E-state index in [1.54, 1.807) is 0 Å². The van der Waals surface area contributed by atoms with Gasteiger partial charge in [-0.05, 0) is 30.2 Å². The SMILES string of the molecule is CC1(Cl)C(c2cccc(Br)c2)=CC=CC1N. The molecule has 3 heteroatoms. The molecule has 1 aromatic carbocycles. The number of allylic oxidation sites excluding steroid dienone is 2. The molecule has 0 saturated carbocycles. The van der Waals surface area contributed by atoms with Gasteiger partial charge in [0.15, 0.2) is 0 Å². The van der Waals surface area contributed by atoms with Gasteiger partial charge in [0.05, 0.1) is 4.87 Å². The Morgan fingerprint density at radius 2 is 2.19 bits per heavy atom. The van der Waals surface area contributed by atoms with Crippen LogP contribution in [-0.2, 0) is 0 Å². The molecule has 84 valence electrons. The molecule has 2 atom stereocenters. The summed E-state index contributed by atoms with van der Waals surface area (Å²) in [6.45, 7) is 1.95. The number of rotatable bonds is 1. The van der Waals surface area contributed by atoms with Crippen molar-refractivity contribution in [1.82, 2.24) is 0 Å². The summed E-state index contributed by atoms with van der Waals surface area (Å²) >= 11 is 9.98. The summed E-state index contributed by atoms with van der Waals surface area (Å²) in [5, 5.41) is 0. The van der Waals surface area contributed by atoms with E-state index in [1.807, 2.05) is 43.4 Å². The van der Waals surface area contributed by atoms with E-state index in [0.29, 0.717) is 0 Å². The van der Waals surface area contributed by atoms with Gasteiger partial charge >= 0.3 is 0 Å². The average Bonchev–Trinajstić information content (AvgIpc) is 2.22. The lowest BCUT2D eigenvalue weighted by molar-refractivity contribution is 0.679. The molecule has 0 bridgehead atoms. The zero-order valence-electron chi connectivity index (χ0n) is 8.95. The van der Waals surface area contributed by atoms with Crippen molar-refractivity contribution in [3.63, 3.8) is 0 Å². The highest BCUT2D eigenvalue weighted by Gasteiger charge is 2.34. The van der Waals surface area contributed by atoms with E-state index in [1.165, 1.54) is 0 Å². The summed E-state index contributed by atoms with van der Waals surface area (Å²) in [6.07, 6.45) is 5.91. The van der Waals surface area contributed by atoms with Gasteiger partial charge in [0.2, 0.25) is 0 Å². The fourth-order valence-electron chi connectivity index (χ4n) is 1.83. The topological polar surface area (TPSA) is 26.0 Å². The molecular weight excluding hydrogens is 286 g/mol. The number of benzene rings is 1. The van der Waals surface area contributed by atoms with Crippen molar-refractivity contribution in [1.29, 1.82) is 0 Å². The van der Waals surface area contributed by atoms with Gasteiger partial charge in [-0.2, -0.15) is 0 Å². The van der Waals surface area contributed by atoms with Crippen LogP contribution in [0.15, 0.2) is 47.0 Å². The first-order valence-electron chi connectivity index (χ1n) is 5.11. The first-order chi connectivity index (χ1) is 7.51. The molecule has 0 aliphatic heterocycles. The van der Waals surface area contributed by atoms with Crippen molar-refractivity contribution >= 4 is 33.1 Å². The zero-order chi connectivity index (χ0) is 11.8. The van der Waals surface area contributed by atoms with Crippen LogP contribution < -0.4 is 5.73 Å². The maximum absolute atomic E-state index is 6.52. The summed E-state index contributed by atoms with van der Waals surface area (Å²) in [4.78, 5) is -0.546. The lowest BCUT2D eigenvalue weighted by Crippen LogP contribution is -2.41. The van der Waals surface area contributed by atoms with E-state index in [4.69, 9.17) is 17.3 Å². The lowest BCUT2D eigenvalue weighted by Gasteiger charge is -2.32. The Labute approximate surface area is 109 Å². The Hall–Kier alpha value is -0.570. The Balaban J connectivity index is 2.48. The maximum Gasteiger partial charge on any atom is 0.0858 e. The quantitative estimate of drug-likeness (QED) is 0.786. The van der Waals surface area contributed by atoms with Gasteiger partial charge in [-0.15, -0.1) is 11.6 Å². The van der Waals surface area contributed by atoms with Crippen LogP contribution in [0.4, 0.5) is 0 Å². The smallest absolute Gasteiger partial charge is 0.0858 e. The highest BCUT2D eigenvalue weighted by Crippen LogP contribution is 2.38. The Bertz CT molecular complexity index is 463. The maximum atomic E-state index is 6.52. The van der Waals surface area contributed by atoms with Gasteiger partial charge in [-0.1, -0.05) is 46.3 Å². The fourth-order valence-corrected chi connectivity index (χ4v) is 2.47. The van der Waals surface area contributed by atoms with Crippen molar-refractivity contribution in [2.75, 3.05) is 0 Å². The molecule has 0 amide bonds. The molecule has 1 aromatic rings. The normalized spacial score (nSPS) is 29.0. The summed E-state index contributed by atoms with van der Waals surface area (Å²) < 4.78 is 1.04. The molecule has 1 nitrogen and oxygen atoms in total. The van der Waals surface area contributed by atoms with Crippen LogP contribution >= 0.6 is 27.5 Å². The minimum atomic E-state index is -0.546. The Morgan fingerprint density at radius 1 is 1.44 bits per heavy atom. The summed E-state index contributed by atoms with van der Waals surface area (Å²) in [6, 6.07) is 7.93. The average molecular weight is 299 g/mol. The summed E-state index contributed by atoms with van der Waals surface area (Å²) in [5.41, 5.74) is 8.17. The predicted molar refractivity (Wildman–Crippen MR) is 73.5 cm³/mol. The predicted octanol–water partition coefficient (Wildman–Crippen LogP) is 3.73. The highest BCUT2D eigenvalue weighted by atomic mass is 79.9. The third-order valence-corrected chi connectivity index (χ3v) is 3.82. The van der Waals surface area contributed by atoms with E-state index < -0.39 is 4.87 Å². The van der Waals surface area contributed by atoms with Crippen LogP contribution in [0.25, 0.3) is 5.57 Å². The van der Waals surface area contributed by atoms with Crippen molar-refractivity contribution in [2.24, 2.45) is 5.73 Å². The second-order valence-electron chi connectivity index (χ2n) is 4.08. The van der Waals surface area contributed by atoms with Crippen LogP contribution in [0.3, 0.4) is 0 Å². The van der Waals surface area contributed by atoms with Crippen molar-refractivity contribution in [3.8, 4) is 0 Å². The van der Waals surface area contributed by atoms with E-state index >= 15 is 0 Å². The third kappa shape index (κ3) is 2.10. The van der Waals surface area contributed by atoms with Gasteiger partial charge in [-0.3, -0.25) is 0 Å². The van der Waals surface area contributed by atoms with Gasteiger partial charge < -0.3 is 5.73 Å². The largest absolute Gasteiger partial charge is 0.323 e. The highest BCUT2D eigenvalue weighted by molar-refractivity contribution is 9.10. The van der Waals surface area contributed by atoms with Gasteiger partial charge in [0.1, 0.15) is 0 Å². The monoisotopic (exact) mass is 297 g/mol. The van der Waals surface area contributed by atoms with Gasteiger partial charge in [0.25, 0.3) is 0 Å². The molecule has 1 aliphatic carbocycles. The zero-order valence-corrected chi connectivity index (χ0v) is 11.3. The lowest BCUT2D eigenvalue weighted by atomic mass is 9.84. The first-order valence-corrected chi connectivity index (χ1v) is 6.28. The minimum Gasteiger partial charge on any atom is -0.323 e. The van der Waals surface area contributed by atoms with Crippen LogP contribution in [0.5, 0.6) is 0 Å². The summed E-state index contributed by atoms with van der Waals surface area (Å²) in [7, 11) is 0. The van der Waals surface area contributed by atoms with Crippen LogP contribution in [0.2, 0.25) is 0 Å². The van der Waals surface area contributed by atoms with Crippen molar-refractivity contribution in [2.45, 2.75) is 17.8 Å². The molecule has 2 rings (SSSR count). The molecule has 0 fully saturated rings. The van der Waals surface area contributed by atoms with Crippen LogP contribution in [0, 0.1) is 0 Å². The number of hydrogen-bond acceptors (Lipinski definition) is 1. The fraction of sp³-hybridized carbons (Fsp3) is 0.231. The molecule has 0 aromatic heterocycles. The molecule has 0 spiro atoms. The van der Waals surface area contributed by atoms with Crippen molar-refractivity contribution < 1.29 is 0 Å². The standard InChI is InChI=1S/C13H13BrClN/c1-13(15)11(6-3-7-12(13)16)9-4-2-5-10(14)8-9/h2-8,12H,16H2,1H3. The molecule has 0 heterocycles. The minimum absolute atomic E-state index is 0.159. The van der Waals surface area contributed by atoms with E-state index in [9.17, 15) is 0 Å². The van der Waals surface area contributed by atoms with Gasteiger partial charge in [0, 0.05) is 10.5 Å². The third-order valence-electron chi connectivity index (χ3n) is 2.87. The van der Waals surface area contributed by atoms with E-state index in [0.717, 1.165) is 15.6 Å². The first kappa shape index (κ1) is 11.9. The van der Waals surface area contributed by atoms with E-state index in [2.05, 4.69) is 22.0 Å². The number of nitrogens with two attached hydrogens (primary N) is 1. The van der Waals surface area contributed by atoms with Crippen LogP contribution in [-0.4, -0.2) is 10.9 Å². The summed E-state index contributed by atoms with van der Waals surface area (Å²) in [5.74, 6) is 0. The van der Waals surface area contributed by atoms with Crippen molar-refractivity contribution in [3.05, 3.63) is 52.5 Å². The van der Waals surface area contributed by atoms with Crippen LogP contribution in [0.1, 0.15) is 12.5 Å².